The Hall–Kier alpha value is -1.00. The van der Waals surface area contributed by atoms with Gasteiger partial charge >= 0.3 is 0 Å². The van der Waals surface area contributed by atoms with E-state index in [0.717, 1.165) is 30.9 Å². The summed E-state index contributed by atoms with van der Waals surface area (Å²) in [6.45, 7) is 2.95. The number of aromatic nitrogens is 2. The average Bonchev–Trinajstić information content (AvgIpc) is 2.18. The zero-order valence-corrected chi connectivity index (χ0v) is 8.40. The number of rotatable bonds is 1. The molecule has 0 aliphatic carbocycles. The third-order valence-corrected chi connectivity index (χ3v) is 2.62. The van der Waals surface area contributed by atoms with Crippen LogP contribution in [0.3, 0.4) is 0 Å². The Labute approximate surface area is 83.9 Å². The first-order valence-corrected chi connectivity index (χ1v) is 5.04. The molecule has 0 amide bonds. The molecule has 0 saturated carbocycles. The second-order valence-corrected chi connectivity index (χ2v) is 3.84. The van der Waals surface area contributed by atoms with Crippen LogP contribution in [0.15, 0.2) is 12.3 Å². The molecule has 2 heterocycles. The summed E-state index contributed by atoms with van der Waals surface area (Å²) in [5.41, 5.74) is 6.86. The molecule has 2 atom stereocenters. The van der Waals surface area contributed by atoms with Gasteiger partial charge in [-0.05, 0) is 32.4 Å². The molecule has 0 radical (unpaired) electrons. The number of nitrogens with one attached hydrogen (secondary N) is 1. The van der Waals surface area contributed by atoms with Crippen molar-refractivity contribution in [2.75, 3.05) is 6.54 Å². The lowest BCUT2D eigenvalue weighted by Gasteiger charge is -2.26. The monoisotopic (exact) mass is 192 g/mol. The van der Waals surface area contributed by atoms with Gasteiger partial charge in [0, 0.05) is 17.8 Å². The van der Waals surface area contributed by atoms with Crippen LogP contribution in [0, 0.1) is 6.92 Å². The normalized spacial score (nSPS) is 27.6. The minimum absolute atomic E-state index is 0.0952. The molecule has 2 rings (SSSR count). The molecule has 0 spiro atoms. The van der Waals surface area contributed by atoms with Crippen molar-refractivity contribution < 1.29 is 0 Å². The highest BCUT2D eigenvalue weighted by molar-refractivity contribution is 5.05. The smallest absolute Gasteiger partial charge is 0.131 e. The van der Waals surface area contributed by atoms with Crippen molar-refractivity contribution in [2.45, 2.75) is 31.8 Å². The van der Waals surface area contributed by atoms with Gasteiger partial charge in [0.25, 0.3) is 0 Å². The molecular weight excluding hydrogens is 176 g/mol. The second kappa shape index (κ2) is 4.02. The van der Waals surface area contributed by atoms with E-state index in [2.05, 4.69) is 15.3 Å². The van der Waals surface area contributed by atoms with Crippen LogP contribution in [0.25, 0.3) is 0 Å². The first-order chi connectivity index (χ1) is 6.75. The van der Waals surface area contributed by atoms with Crippen LogP contribution in [0.4, 0.5) is 0 Å². The van der Waals surface area contributed by atoms with Crippen molar-refractivity contribution in [1.29, 1.82) is 0 Å². The Morgan fingerprint density at radius 1 is 1.57 bits per heavy atom. The lowest BCUT2D eigenvalue weighted by molar-refractivity contribution is 0.359. The first kappa shape index (κ1) is 9.55. The third kappa shape index (κ3) is 2.08. The fraction of sp³-hybridized carbons (Fsp3) is 0.600. The lowest BCUT2D eigenvalue weighted by atomic mass is 9.95. The summed E-state index contributed by atoms with van der Waals surface area (Å²) in [5.74, 6) is 1.37. The molecule has 0 bridgehead atoms. The molecule has 76 valence electrons. The molecule has 1 fully saturated rings. The Morgan fingerprint density at radius 2 is 2.43 bits per heavy atom. The molecule has 0 aromatic carbocycles. The molecule has 4 heteroatoms. The van der Waals surface area contributed by atoms with Gasteiger partial charge in [-0.25, -0.2) is 9.97 Å². The van der Waals surface area contributed by atoms with Crippen molar-refractivity contribution in [3.63, 3.8) is 0 Å². The van der Waals surface area contributed by atoms with Gasteiger partial charge in [0.2, 0.25) is 0 Å². The Kier molecular flexibility index (Phi) is 2.74. The standard InChI is InChI=1S/C10H16N4/c1-7-2-4-13-10(14-7)8-3-5-12-9(11)6-8/h2,4,8-9,12H,3,5-6,11H2,1H3. The van der Waals surface area contributed by atoms with Gasteiger partial charge in [-0.3, -0.25) is 0 Å². The van der Waals surface area contributed by atoms with E-state index in [1.807, 2.05) is 19.2 Å². The third-order valence-electron chi connectivity index (χ3n) is 2.62. The number of nitrogens with two attached hydrogens (primary N) is 1. The largest absolute Gasteiger partial charge is 0.316 e. The number of hydrogen-bond donors (Lipinski definition) is 2. The minimum atomic E-state index is 0.0952. The Bertz CT molecular complexity index is 313. The lowest BCUT2D eigenvalue weighted by Crippen LogP contribution is -2.43. The van der Waals surface area contributed by atoms with Crippen LogP contribution in [0.1, 0.15) is 30.3 Å². The highest BCUT2D eigenvalue weighted by Gasteiger charge is 2.22. The van der Waals surface area contributed by atoms with E-state index in [1.54, 1.807) is 0 Å². The molecule has 1 aliphatic heterocycles. The summed E-state index contributed by atoms with van der Waals surface area (Å²) in [6, 6.07) is 1.92. The summed E-state index contributed by atoms with van der Waals surface area (Å²) in [5, 5.41) is 3.22. The number of aryl methyl sites for hydroxylation is 1. The summed E-state index contributed by atoms with van der Waals surface area (Å²) in [4.78, 5) is 8.74. The zero-order chi connectivity index (χ0) is 9.97. The molecule has 4 nitrogen and oxygen atoms in total. The van der Waals surface area contributed by atoms with Gasteiger partial charge in [-0.1, -0.05) is 0 Å². The van der Waals surface area contributed by atoms with E-state index >= 15 is 0 Å². The van der Waals surface area contributed by atoms with Crippen molar-refractivity contribution in [3.05, 3.63) is 23.8 Å². The number of nitrogens with zero attached hydrogens (tertiary/aromatic N) is 2. The maximum Gasteiger partial charge on any atom is 0.131 e. The SMILES string of the molecule is Cc1ccnc(C2CCNC(N)C2)n1. The second-order valence-electron chi connectivity index (χ2n) is 3.84. The van der Waals surface area contributed by atoms with Crippen LogP contribution < -0.4 is 11.1 Å². The fourth-order valence-corrected chi connectivity index (χ4v) is 1.85. The summed E-state index contributed by atoms with van der Waals surface area (Å²) < 4.78 is 0. The van der Waals surface area contributed by atoms with Crippen molar-refractivity contribution >= 4 is 0 Å². The van der Waals surface area contributed by atoms with Gasteiger partial charge in [-0.15, -0.1) is 0 Å². The number of hydrogen-bond acceptors (Lipinski definition) is 4. The molecule has 1 saturated heterocycles. The van der Waals surface area contributed by atoms with E-state index in [1.165, 1.54) is 0 Å². The highest BCUT2D eigenvalue weighted by Crippen LogP contribution is 2.23. The highest BCUT2D eigenvalue weighted by atomic mass is 15.0. The van der Waals surface area contributed by atoms with Crippen LogP contribution in [0.5, 0.6) is 0 Å². The van der Waals surface area contributed by atoms with E-state index in [4.69, 9.17) is 5.73 Å². The predicted octanol–water partition coefficient (Wildman–Crippen LogP) is 0.537. The van der Waals surface area contributed by atoms with Crippen molar-refractivity contribution in [1.82, 2.24) is 15.3 Å². The van der Waals surface area contributed by atoms with Crippen molar-refractivity contribution in [2.24, 2.45) is 5.73 Å². The zero-order valence-electron chi connectivity index (χ0n) is 8.40. The maximum atomic E-state index is 5.83. The Morgan fingerprint density at radius 3 is 3.14 bits per heavy atom. The molecule has 14 heavy (non-hydrogen) atoms. The summed E-state index contributed by atoms with van der Waals surface area (Å²) in [7, 11) is 0. The predicted molar refractivity (Wildman–Crippen MR) is 54.7 cm³/mol. The first-order valence-electron chi connectivity index (χ1n) is 5.04. The molecule has 2 unspecified atom stereocenters. The quantitative estimate of drug-likeness (QED) is 0.681. The van der Waals surface area contributed by atoms with E-state index in [0.29, 0.717) is 5.92 Å². The average molecular weight is 192 g/mol. The van der Waals surface area contributed by atoms with Crippen molar-refractivity contribution in [3.8, 4) is 0 Å². The van der Waals surface area contributed by atoms with Gasteiger partial charge in [0.1, 0.15) is 5.82 Å². The van der Waals surface area contributed by atoms with Gasteiger partial charge in [0.15, 0.2) is 0 Å². The van der Waals surface area contributed by atoms with Gasteiger partial charge in [-0.2, -0.15) is 0 Å². The van der Waals surface area contributed by atoms with E-state index in [9.17, 15) is 0 Å². The minimum Gasteiger partial charge on any atom is -0.316 e. The van der Waals surface area contributed by atoms with Crippen LogP contribution >= 0.6 is 0 Å². The number of piperidine rings is 1. The molecule has 3 N–H and O–H groups in total. The van der Waals surface area contributed by atoms with Crippen LogP contribution in [-0.4, -0.2) is 22.7 Å². The van der Waals surface area contributed by atoms with Gasteiger partial charge in [0.05, 0.1) is 6.17 Å². The molecular formula is C10H16N4. The summed E-state index contributed by atoms with van der Waals surface area (Å²) >= 11 is 0. The van der Waals surface area contributed by atoms with E-state index < -0.39 is 0 Å². The Balaban J connectivity index is 2.14. The van der Waals surface area contributed by atoms with Crippen LogP contribution in [0.2, 0.25) is 0 Å². The molecule has 1 aromatic rings. The maximum absolute atomic E-state index is 5.83. The molecule has 1 aromatic heterocycles. The van der Waals surface area contributed by atoms with Crippen LogP contribution in [-0.2, 0) is 0 Å². The summed E-state index contributed by atoms with van der Waals surface area (Å²) in [6.07, 6.45) is 3.93. The van der Waals surface area contributed by atoms with Gasteiger partial charge < -0.3 is 11.1 Å². The fourth-order valence-electron chi connectivity index (χ4n) is 1.85. The van der Waals surface area contributed by atoms with E-state index in [-0.39, 0.29) is 6.17 Å². The topological polar surface area (TPSA) is 63.8 Å². The molecule has 1 aliphatic rings.